The van der Waals surface area contributed by atoms with Crippen LogP contribution >= 0.6 is 15.9 Å². The van der Waals surface area contributed by atoms with Gasteiger partial charge in [0.2, 0.25) is 5.95 Å². The van der Waals surface area contributed by atoms with E-state index in [2.05, 4.69) is 56.3 Å². The smallest absolute Gasteiger partial charge is 0.201 e. The van der Waals surface area contributed by atoms with Crippen LogP contribution in [0.4, 0.5) is 5.95 Å². The number of imidazole rings is 1. The van der Waals surface area contributed by atoms with Crippen molar-refractivity contribution in [2.45, 2.75) is 13.3 Å². The van der Waals surface area contributed by atoms with E-state index in [1.807, 2.05) is 24.3 Å². The number of rotatable bonds is 4. The lowest BCUT2D eigenvalue weighted by molar-refractivity contribution is 0.986. The van der Waals surface area contributed by atoms with Crippen molar-refractivity contribution < 1.29 is 0 Å². The van der Waals surface area contributed by atoms with Crippen LogP contribution in [0, 0.1) is 6.92 Å². The highest BCUT2D eigenvalue weighted by atomic mass is 79.9. The summed E-state index contributed by atoms with van der Waals surface area (Å²) in [5, 5.41) is 3.35. The fraction of sp³-hybridized carbons (Fsp3) is 0.188. The first-order valence-electron chi connectivity index (χ1n) is 6.66. The van der Waals surface area contributed by atoms with E-state index in [9.17, 15) is 0 Å². The molecule has 3 aromatic rings. The van der Waals surface area contributed by atoms with E-state index < -0.39 is 0 Å². The summed E-state index contributed by atoms with van der Waals surface area (Å²) in [4.78, 5) is 7.78. The molecule has 0 unspecified atom stereocenters. The molecule has 0 radical (unpaired) electrons. The first-order valence-corrected chi connectivity index (χ1v) is 7.45. The molecule has 3 rings (SSSR count). The van der Waals surface area contributed by atoms with Gasteiger partial charge in [-0.3, -0.25) is 0 Å². The molecule has 0 spiro atoms. The average Bonchev–Trinajstić information content (AvgIpc) is 2.85. The van der Waals surface area contributed by atoms with Crippen LogP contribution in [-0.2, 0) is 6.42 Å². The number of hydrogen-bond donors (Lipinski definition) is 2. The average molecular weight is 330 g/mol. The highest BCUT2D eigenvalue weighted by Gasteiger charge is 2.02. The van der Waals surface area contributed by atoms with Crippen molar-refractivity contribution in [2.24, 2.45) is 0 Å². The summed E-state index contributed by atoms with van der Waals surface area (Å²) in [6, 6.07) is 14.4. The first-order chi connectivity index (χ1) is 9.72. The molecule has 0 aliphatic rings. The molecule has 0 saturated carbocycles. The highest BCUT2D eigenvalue weighted by Crippen LogP contribution is 2.17. The van der Waals surface area contributed by atoms with E-state index in [0.717, 1.165) is 34.4 Å². The molecule has 0 fully saturated rings. The van der Waals surface area contributed by atoms with Gasteiger partial charge in [0.15, 0.2) is 0 Å². The lowest BCUT2D eigenvalue weighted by Crippen LogP contribution is -2.07. The lowest BCUT2D eigenvalue weighted by Gasteiger charge is -2.07. The first kappa shape index (κ1) is 13.2. The van der Waals surface area contributed by atoms with Crippen molar-refractivity contribution in [3.63, 3.8) is 0 Å². The third-order valence-corrected chi connectivity index (χ3v) is 3.88. The number of halogens is 1. The molecule has 2 N–H and O–H groups in total. The number of nitrogens with one attached hydrogen (secondary N) is 2. The number of benzene rings is 2. The Balaban J connectivity index is 1.66. The van der Waals surface area contributed by atoms with E-state index in [4.69, 9.17) is 0 Å². The topological polar surface area (TPSA) is 40.7 Å². The fourth-order valence-electron chi connectivity index (χ4n) is 2.26. The van der Waals surface area contributed by atoms with Crippen LogP contribution in [0.1, 0.15) is 11.1 Å². The van der Waals surface area contributed by atoms with Gasteiger partial charge in [0.25, 0.3) is 0 Å². The normalized spacial score (nSPS) is 10.9. The van der Waals surface area contributed by atoms with Gasteiger partial charge in [-0.1, -0.05) is 34.1 Å². The van der Waals surface area contributed by atoms with Crippen molar-refractivity contribution in [3.8, 4) is 0 Å². The molecule has 0 amide bonds. The molecule has 0 atom stereocenters. The molecular weight excluding hydrogens is 314 g/mol. The minimum atomic E-state index is 0.832. The van der Waals surface area contributed by atoms with Gasteiger partial charge in [-0.25, -0.2) is 4.98 Å². The van der Waals surface area contributed by atoms with Crippen LogP contribution in [-0.4, -0.2) is 16.5 Å². The third kappa shape index (κ3) is 2.85. The second-order valence-corrected chi connectivity index (χ2v) is 5.77. The molecule has 0 bridgehead atoms. The van der Waals surface area contributed by atoms with E-state index in [1.54, 1.807) is 0 Å². The Bertz CT molecular complexity index is 700. The predicted molar refractivity (Wildman–Crippen MR) is 87.2 cm³/mol. The minimum Gasteiger partial charge on any atom is -0.355 e. The Morgan fingerprint density at radius 1 is 1.20 bits per heavy atom. The standard InChI is InChI=1S/C16H16BrN3/c1-11-6-7-13(17)10-12(11)8-9-18-16-19-14-4-2-3-5-15(14)20-16/h2-7,10H,8-9H2,1H3,(H2,18,19,20). The summed E-state index contributed by atoms with van der Waals surface area (Å²) in [7, 11) is 0. The number of nitrogens with zero attached hydrogens (tertiary/aromatic N) is 1. The van der Waals surface area contributed by atoms with Gasteiger partial charge < -0.3 is 10.3 Å². The maximum Gasteiger partial charge on any atom is 0.201 e. The lowest BCUT2D eigenvalue weighted by atomic mass is 10.1. The van der Waals surface area contributed by atoms with Crippen molar-refractivity contribution in [1.29, 1.82) is 0 Å². The van der Waals surface area contributed by atoms with E-state index in [1.165, 1.54) is 11.1 Å². The monoisotopic (exact) mass is 329 g/mol. The molecule has 1 heterocycles. The molecule has 0 saturated heterocycles. The van der Waals surface area contributed by atoms with Crippen LogP contribution in [0.3, 0.4) is 0 Å². The molecule has 0 aliphatic carbocycles. The van der Waals surface area contributed by atoms with Crippen LogP contribution in [0.15, 0.2) is 46.9 Å². The van der Waals surface area contributed by atoms with Crippen LogP contribution in [0.25, 0.3) is 11.0 Å². The summed E-state index contributed by atoms with van der Waals surface area (Å²) >= 11 is 3.52. The number of para-hydroxylation sites is 2. The second-order valence-electron chi connectivity index (χ2n) is 4.85. The van der Waals surface area contributed by atoms with Crippen LogP contribution in [0.5, 0.6) is 0 Å². The van der Waals surface area contributed by atoms with E-state index in [-0.39, 0.29) is 0 Å². The largest absolute Gasteiger partial charge is 0.355 e. The summed E-state index contributed by atoms with van der Waals surface area (Å²) in [5.41, 5.74) is 4.73. The van der Waals surface area contributed by atoms with Crippen LogP contribution in [0.2, 0.25) is 0 Å². The second kappa shape index (κ2) is 5.67. The van der Waals surface area contributed by atoms with Gasteiger partial charge in [-0.15, -0.1) is 0 Å². The Hall–Kier alpha value is -1.81. The molecule has 4 heteroatoms. The van der Waals surface area contributed by atoms with Crippen molar-refractivity contribution in [2.75, 3.05) is 11.9 Å². The van der Waals surface area contributed by atoms with Gasteiger partial charge in [0.1, 0.15) is 0 Å². The SMILES string of the molecule is Cc1ccc(Br)cc1CCNc1nc2ccccc2[nH]1. The zero-order chi connectivity index (χ0) is 13.9. The number of aryl methyl sites for hydroxylation is 1. The van der Waals surface area contributed by atoms with Gasteiger partial charge in [-0.05, 0) is 48.7 Å². The molecule has 3 nitrogen and oxygen atoms in total. The minimum absolute atomic E-state index is 0.832. The van der Waals surface area contributed by atoms with Gasteiger partial charge >= 0.3 is 0 Å². The number of fused-ring (bicyclic) bond motifs is 1. The van der Waals surface area contributed by atoms with Gasteiger partial charge in [0.05, 0.1) is 11.0 Å². The van der Waals surface area contributed by atoms with E-state index in [0.29, 0.717) is 0 Å². The maximum atomic E-state index is 4.51. The van der Waals surface area contributed by atoms with Crippen molar-refractivity contribution in [1.82, 2.24) is 9.97 Å². The Labute approximate surface area is 126 Å². The Morgan fingerprint density at radius 3 is 2.90 bits per heavy atom. The van der Waals surface area contributed by atoms with Gasteiger partial charge in [-0.2, -0.15) is 0 Å². The Kier molecular flexibility index (Phi) is 3.74. The molecule has 0 aliphatic heterocycles. The zero-order valence-corrected chi connectivity index (χ0v) is 12.9. The van der Waals surface area contributed by atoms with Crippen molar-refractivity contribution >= 4 is 32.9 Å². The molecule has 1 aromatic heterocycles. The summed E-state index contributed by atoms with van der Waals surface area (Å²) < 4.78 is 1.13. The summed E-state index contributed by atoms with van der Waals surface area (Å²) in [6.45, 7) is 3.00. The highest BCUT2D eigenvalue weighted by molar-refractivity contribution is 9.10. The molecule has 102 valence electrons. The summed E-state index contributed by atoms with van der Waals surface area (Å²) in [6.07, 6.45) is 0.975. The number of hydrogen-bond acceptors (Lipinski definition) is 2. The number of H-pyrrole nitrogens is 1. The molecule has 20 heavy (non-hydrogen) atoms. The number of aromatic nitrogens is 2. The van der Waals surface area contributed by atoms with E-state index >= 15 is 0 Å². The third-order valence-electron chi connectivity index (χ3n) is 3.39. The van der Waals surface area contributed by atoms with Crippen LogP contribution < -0.4 is 5.32 Å². The quantitative estimate of drug-likeness (QED) is 0.749. The molecular formula is C16H16BrN3. The summed E-state index contributed by atoms with van der Waals surface area (Å²) in [5.74, 6) is 0.832. The van der Waals surface area contributed by atoms with Crippen molar-refractivity contribution in [3.05, 3.63) is 58.1 Å². The zero-order valence-electron chi connectivity index (χ0n) is 11.3. The molecule has 2 aromatic carbocycles. The Morgan fingerprint density at radius 2 is 2.05 bits per heavy atom. The predicted octanol–water partition coefficient (Wildman–Crippen LogP) is 4.29. The number of anilines is 1. The maximum absolute atomic E-state index is 4.51. The fourth-order valence-corrected chi connectivity index (χ4v) is 2.67. The van der Waals surface area contributed by atoms with Gasteiger partial charge in [0, 0.05) is 11.0 Å². The number of aromatic amines is 1.